The van der Waals surface area contributed by atoms with Gasteiger partial charge in [-0.1, -0.05) is 24.6 Å². The molecule has 0 amide bonds. The van der Waals surface area contributed by atoms with Gasteiger partial charge in [0.2, 0.25) is 0 Å². The van der Waals surface area contributed by atoms with Crippen molar-refractivity contribution in [1.82, 2.24) is 0 Å². The Labute approximate surface area is 235 Å². The smallest absolute Gasteiger partial charge is 0.307 e. The van der Waals surface area contributed by atoms with Crippen LogP contribution in [0.15, 0.2) is 47.1 Å². The predicted molar refractivity (Wildman–Crippen MR) is 150 cm³/mol. The zero-order chi connectivity index (χ0) is 27.9. The number of halogens is 1. The molecule has 1 N–H and O–H groups in total. The van der Waals surface area contributed by atoms with Crippen LogP contribution in [0.5, 0.6) is 0 Å². The zero-order valence-electron chi connectivity index (χ0n) is 22.9. The third-order valence-electron chi connectivity index (χ3n) is 9.86. The van der Waals surface area contributed by atoms with Crippen LogP contribution in [0.4, 0.5) is 5.69 Å². The monoisotopic (exact) mass is 549 g/mol. The second-order valence-electron chi connectivity index (χ2n) is 11.9. The summed E-state index contributed by atoms with van der Waals surface area (Å²) in [5, 5.41) is 11.5. The predicted octanol–water partition coefficient (Wildman–Crippen LogP) is 6.00. The molecular weight excluding hydrogens is 514 g/mol. The summed E-state index contributed by atoms with van der Waals surface area (Å²) in [7, 11) is 4.02. The quantitative estimate of drug-likeness (QED) is 0.346. The molecule has 3 unspecified atom stereocenters. The van der Waals surface area contributed by atoms with E-state index in [4.69, 9.17) is 21.4 Å². The minimum Gasteiger partial charge on any atom is -0.481 e. The van der Waals surface area contributed by atoms with Crippen molar-refractivity contribution in [2.75, 3.05) is 19.0 Å². The minimum atomic E-state index is -1.03. The lowest BCUT2D eigenvalue weighted by atomic mass is 9.54. The van der Waals surface area contributed by atoms with Gasteiger partial charge in [0.1, 0.15) is 0 Å². The lowest BCUT2D eigenvalue weighted by Crippen LogP contribution is -2.51. The summed E-state index contributed by atoms with van der Waals surface area (Å²) in [6, 6.07) is 8.30. The standard InChI is InChI=1S/C32H36ClNO5/c1-31-14-12-23-24(27(31)13-15-32(31,16-17-33)39-30(38)11-10-29(36)37)9-6-21-18-28(35)26(19-25(21)23)20-4-7-22(8-5-20)34(2)3/h4-5,7-8,18,24,26-27H,6,9-15,19H2,1-3H3,(H,36,37)/t24?,26?,27?,31-,32-/m0/s1. The highest BCUT2D eigenvalue weighted by Gasteiger charge is 2.63. The van der Waals surface area contributed by atoms with E-state index >= 15 is 0 Å². The molecule has 1 aromatic carbocycles. The molecule has 2 saturated carbocycles. The summed E-state index contributed by atoms with van der Waals surface area (Å²) < 4.78 is 6.03. The van der Waals surface area contributed by atoms with Crippen molar-refractivity contribution < 1.29 is 24.2 Å². The van der Waals surface area contributed by atoms with E-state index in [2.05, 4.69) is 47.4 Å². The maximum Gasteiger partial charge on any atom is 0.307 e. The van der Waals surface area contributed by atoms with Crippen LogP contribution in [0.1, 0.15) is 76.2 Å². The molecule has 0 spiro atoms. The van der Waals surface area contributed by atoms with Gasteiger partial charge in [-0.15, -0.1) is 0 Å². The van der Waals surface area contributed by atoms with Crippen LogP contribution in [0.3, 0.4) is 0 Å². The fourth-order valence-electron chi connectivity index (χ4n) is 7.75. The number of benzene rings is 1. The lowest BCUT2D eigenvalue weighted by molar-refractivity contribution is -0.168. The topological polar surface area (TPSA) is 83.9 Å². The molecule has 0 radical (unpaired) electrons. The highest BCUT2D eigenvalue weighted by molar-refractivity contribution is 6.30. The molecule has 0 aromatic heterocycles. The van der Waals surface area contributed by atoms with Crippen molar-refractivity contribution in [3.63, 3.8) is 0 Å². The number of carboxylic acid groups (broad SMARTS) is 1. The highest BCUT2D eigenvalue weighted by atomic mass is 35.5. The fraction of sp³-hybridized carbons (Fsp3) is 0.531. The molecule has 5 rings (SSSR count). The van der Waals surface area contributed by atoms with Crippen molar-refractivity contribution in [1.29, 1.82) is 0 Å². The van der Waals surface area contributed by atoms with Crippen molar-refractivity contribution in [2.45, 2.75) is 76.2 Å². The van der Waals surface area contributed by atoms with Gasteiger partial charge in [0.25, 0.3) is 0 Å². The van der Waals surface area contributed by atoms with Gasteiger partial charge in [-0.05, 0) is 109 Å². The first kappa shape index (κ1) is 27.5. The van der Waals surface area contributed by atoms with Crippen molar-refractivity contribution >= 4 is 35.0 Å². The summed E-state index contributed by atoms with van der Waals surface area (Å²) in [6.07, 6.45) is 7.14. The molecule has 2 fully saturated rings. The molecule has 0 saturated heterocycles. The average Bonchev–Trinajstić information content (AvgIpc) is 3.18. The molecule has 206 valence electrons. The molecule has 0 heterocycles. The van der Waals surface area contributed by atoms with Crippen molar-refractivity contribution in [2.24, 2.45) is 17.3 Å². The van der Waals surface area contributed by atoms with E-state index < -0.39 is 17.5 Å². The number of hydrogen-bond donors (Lipinski definition) is 1. The van der Waals surface area contributed by atoms with Gasteiger partial charge >= 0.3 is 11.9 Å². The highest BCUT2D eigenvalue weighted by Crippen LogP contribution is 2.64. The first-order chi connectivity index (χ1) is 18.6. The molecule has 4 aliphatic rings. The number of hydrogen-bond acceptors (Lipinski definition) is 5. The van der Waals surface area contributed by atoms with E-state index in [-0.39, 0.29) is 35.9 Å². The minimum absolute atomic E-state index is 0.167. The number of fused-ring (bicyclic) bond motifs is 4. The molecule has 7 heteroatoms. The van der Waals surface area contributed by atoms with Gasteiger partial charge in [0, 0.05) is 30.6 Å². The molecule has 5 atom stereocenters. The van der Waals surface area contributed by atoms with Crippen molar-refractivity contribution in [3.8, 4) is 11.3 Å². The maximum absolute atomic E-state index is 13.2. The van der Waals surface area contributed by atoms with E-state index in [1.54, 1.807) is 0 Å². The number of ketones is 1. The van der Waals surface area contributed by atoms with Gasteiger partial charge in [0.15, 0.2) is 11.4 Å². The first-order valence-electron chi connectivity index (χ1n) is 13.9. The van der Waals surface area contributed by atoms with Gasteiger partial charge < -0.3 is 14.7 Å². The number of aliphatic carboxylic acids is 1. The average molecular weight is 550 g/mol. The van der Waals surface area contributed by atoms with Crippen LogP contribution in [0, 0.1) is 28.6 Å². The van der Waals surface area contributed by atoms with E-state index in [1.165, 1.54) is 16.7 Å². The number of esters is 1. The Morgan fingerprint density at radius 2 is 1.87 bits per heavy atom. The lowest BCUT2D eigenvalue weighted by Gasteiger charge is -2.51. The Morgan fingerprint density at radius 3 is 2.54 bits per heavy atom. The molecule has 39 heavy (non-hydrogen) atoms. The number of allylic oxidation sites excluding steroid dienone is 4. The molecule has 4 aliphatic carbocycles. The maximum atomic E-state index is 13.2. The third-order valence-corrected chi connectivity index (χ3v) is 9.95. The fourth-order valence-corrected chi connectivity index (χ4v) is 7.90. The third kappa shape index (κ3) is 4.80. The molecule has 0 bridgehead atoms. The SMILES string of the molecule is CN(C)c1ccc(C2CC3=C4CC[C@@]5(C)C(CC[C@@]5(C#CCl)OC(=O)CCC(=O)O)C4CCC3=CC2=O)cc1. The van der Waals surface area contributed by atoms with Gasteiger partial charge in [-0.25, -0.2) is 0 Å². The van der Waals surface area contributed by atoms with Gasteiger partial charge in [-0.3, -0.25) is 14.4 Å². The first-order valence-corrected chi connectivity index (χ1v) is 14.3. The normalized spacial score (nSPS) is 31.2. The molecule has 1 aromatic rings. The van der Waals surface area contributed by atoms with Crippen molar-refractivity contribution in [3.05, 3.63) is 52.6 Å². The number of carbonyl (C=O) groups is 3. The van der Waals surface area contributed by atoms with Crippen LogP contribution < -0.4 is 4.90 Å². The summed E-state index contributed by atoms with van der Waals surface area (Å²) in [5.41, 5.74) is 4.79. The Bertz CT molecular complexity index is 1320. The van der Waals surface area contributed by atoms with E-state index in [9.17, 15) is 14.4 Å². The number of nitrogens with zero attached hydrogens (tertiary/aromatic N) is 1. The molecule has 6 nitrogen and oxygen atoms in total. The number of carbonyl (C=O) groups excluding carboxylic acids is 2. The number of ether oxygens (including phenoxy) is 1. The summed E-state index contributed by atoms with van der Waals surface area (Å²) >= 11 is 5.92. The Kier molecular flexibility index (Phi) is 7.41. The second-order valence-corrected chi connectivity index (χ2v) is 12.1. The summed E-state index contributed by atoms with van der Waals surface area (Å²) in [5.74, 6) is 2.14. The van der Waals surface area contributed by atoms with Crippen LogP contribution in [0.2, 0.25) is 0 Å². The van der Waals surface area contributed by atoms with E-state index in [1.807, 2.05) is 20.2 Å². The Balaban J connectivity index is 1.43. The zero-order valence-corrected chi connectivity index (χ0v) is 23.6. The number of rotatable bonds is 6. The van der Waals surface area contributed by atoms with Crippen LogP contribution in [0.25, 0.3) is 0 Å². The summed E-state index contributed by atoms with van der Waals surface area (Å²) in [4.78, 5) is 38.9. The molecule has 0 aliphatic heterocycles. The van der Waals surface area contributed by atoms with Gasteiger partial charge in [-0.2, -0.15) is 0 Å². The van der Waals surface area contributed by atoms with Crippen LogP contribution in [-0.2, 0) is 19.1 Å². The van der Waals surface area contributed by atoms with Gasteiger partial charge in [0.05, 0.1) is 18.8 Å². The van der Waals surface area contributed by atoms with E-state index in [0.29, 0.717) is 12.3 Å². The Morgan fingerprint density at radius 1 is 1.13 bits per heavy atom. The number of carboxylic acids is 1. The van der Waals surface area contributed by atoms with Crippen LogP contribution in [-0.4, -0.2) is 42.5 Å². The summed E-state index contributed by atoms with van der Waals surface area (Å²) in [6.45, 7) is 2.17. The largest absolute Gasteiger partial charge is 0.481 e. The molecular formula is C32H36ClNO5. The Hall–Kier alpha value is -3.04. The number of anilines is 1. The van der Waals surface area contributed by atoms with Crippen LogP contribution >= 0.6 is 11.6 Å². The van der Waals surface area contributed by atoms with E-state index in [0.717, 1.165) is 49.8 Å². The second kappa shape index (κ2) is 10.5.